The molecule has 112 valence electrons. The zero-order valence-corrected chi connectivity index (χ0v) is 10.6. The summed E-state index contributed by atoms with van der Waals surface area (Å²) < 4.78 is 6.45. The Bertz CT molecular complexity index is 786. The molecule has 0 amide bonds. The molecule has 4 N–H and O–H groups in total. The molecule has 0 bridgehead atoms. The average molecular weight is 296 g/mol. The van der Waals surface area contributed by atoms with E-state index in [9.17, 15) is 19.8 Å². The van der Waals surface area contributed by atoms with Crippen LogP contribution >= 0.6 is 0 Å². The summed E-state index contributed by atoms with van der Waals surface area (Å²) in [5.41, 5.74) is -1.67. The summed E-state index contributed by atoms with van der Waals surface area (Å²) in [6, 6.07) is 0. The van der Waals surface area contributed by atoms with E-state index in [2.05, 4.69) is 15.0 Å². The molecule has 3 heterocycles. The molecule has 0 radical (unpaired) electrons. The van der Waals surface area contributed by atoms with E-state index in [1.165, 1.54) is 0 Å². The van der Waals surface area contributed by atoms with Gasteiger partial charge >= 0.3 is 0 Å². The first kappa shape index (κ1) is 13.8. The van der Waals surface area contributed by atoms with Crippen LogP contribution in [0.1, 0.15) is 6.23 Å². The fraction of sp³-hybridized carbons (Fsp3) is 0.455. The molecule has 1 aliphatic heterocycles. The molecule has 1 saturated heterocycles. The van der Waals surface area contributed by atoms with Gasteiger partial charge in [0.1, 0.15) is 23.8 Å². The van der Waals surface area contributed by atoms with Gasteiger partial charge in [-0.05, 0) is 0 Å². The molecule has 2 aromatic rings. The van der Waals surface area contributed by atoms with Gasteiger partial charge in [-0.15, -0.1) is 0 Å². The Kier molecular flexibility index (Phi) is 3.29. The highest BCUT2D eigenvalue weighted by molar-refractivity contribution is 5.72. The molecular weight excluding hydrogens is 284 g/mol. The maximum Gasteiger partial charge on any atom is 0.299 e. The quantitative estimate of drug-likeness (QED) is 0.460. The predicted molar refractivity (Wildman–Crippen MR) is 67.4 cm³/mol. The molecule has 3 rings (SSSR count). The second kappa shape index (κ2) is 5.00. The maximum atomic E-state index is 12.0. The third-order valence-corrected chi connectivity index (χ3v) is 3.38. The highest BCUT2D eigenvalue weighted by Gasteiger charge is 2.44. The van der Waals surface area contributed by atoms with Gasteiger partial charge in [-0.25, -0.2) is 4.98 Å². The fourth-order valence-corrected chi connectivity index (χ4v) is 2.32. The number of rotatable bonds is 2. The van der Waals surface area contributed by atoms with Crippen molar-refractivity contribution in [2.45, 2.75) is 24.5 Å². The Hall–Kier alpha value is -2.14. The lowest BCUT2D eigenvalue weighted by Gasteiger charge is -2.16. The number of aliphatic hydroxyl groups excluding tert-OH is 3. The third kappa shape index (κ3) is 2.05. The minimum Gasteiger partial charge on any atom is -0.394 e. The first-order valence-electron chi connectivity index (χ1n) is 6.11. The van der Waals surface area contributed by atoms with Crippen LogP contribution in [0, 0.1) is 0 Å². The number of aromatic amines is 1. The Balaban J connectivity index is 2.20. The number of nitrogens with zero attached hydrogens (tertiary/aromatic N) is 3. The molecule has 10 heteroatoms. The van der Waals surface area contributed by atoms with Crippen LogP contribution in [0.2, 0.25) is 0 Å². The smallest absolute Gasteiger partial charge is 0.299 e. The number of imidazole rings is 1. The lowest BCUT2D eigenvalue weighted by molar-refractivity contribution is -0.0509. The summed E-state index contributed by atoms with van der Waals surface area (Å²) >= 11 is 0. The van der Waals surface area contributed by atoms with E-state index in [-0.39, 0.29) is 11.0 Å². The first-order chi connectivity index (χ1) is 10.0. The Morgan fingerprint density at radius 3 is 2.71 bits per heavy atom. The van der Waals surface area contributed by atoms with Gasteiger partial charge < -0.3 is 25.0 Å². The van der Waals surface area contributed by atoms with Gasteiger partial charge in [-0.1, -0.05) is 0 Å². The zero-order chi connectivity index (χ0) is 15.1. The predicted octanol–water partition coefficient (Wildman–Crippen LogP) is -2.91. The monoisotopic (exact) mass is 296 g/mol. The molecule has 2 aromatic heterocycles. The van der Waals surface area contributed by atoms with Crippen molar-refractivity contribution >= 4 is 11.0 Å². The van der Waals surface area contributed by atoms with Crippen LogP contribution in [0.15, 0.2) is 22.2 Å². The SMILES string of the molecule is O=c1nc[nH]c(=O)c2c1ncn2C1OC(CO)C(O)C1O. The zero-order valence-electron chi connectivity index (χ0n) is 10.6. The summed E-state index contributed by atoms with van der Waals surface area (Å²) in [5.74, 6) is 0. The number of hydrogen-bond donors (Lipinski definition) is 4. The third-order valence-electron chi connectivity index (χ3n) is 3.38. The van der Waals surface area contributed by atoms with Crippen molar-refractivity contribution in [2.24, 2.45) is 0 Å². The van der Waals surface area contributed by atoms with Gasteiger partial charge in [0, 0.05) is 0 Å². The van der Waals surface area contributed by atoms with Gasteiger partial charge in [0.15, 0.2) is 11.7 Å². The number of ether oxygens (including phenoxy) is 1. The van der Waals surface area contributed by atoms with Crippen molar-refractivity contribution in [3.05, 3.63) is 33.4 Å². The van der Waals surface area contributed by atoms with E-state index in [1.54, 1.807) is 0 Å². The molecule has 4 unspecified atom stereocenters. The fourth-order valence-electron chi connectivity index (χ4n) is 2.32. The second-order valence-corrected chi connectivity index (χ2v) is 4.61. The van der Waals surface area contributed by atoms with E-state index in [4.69, 9.17) is 9.84 Å². The molecule has 1 fully saturated rings. The van der Waals surface area contributed by atoms with E-state index in [0.717, 1.165) is 17.2 Å². The van der Waals surface area contributed by atoms with Crippen molar-refractivity contribution in [1.29, 1.82) is 0 Å². The largest absolute Gasteiger partial charge is 0.394 e. The Labute approximate surface area is 116 Å². The minimum atomic E-state index is -1.38. The molecule has 21 heavy (non-hydrogen) atoms. The lowest BCUT2D eigenvalue weighted by atomic mass is 10.1. The van der Waals surface area contributed by atoms with Gasteiger partial charge in [-0.3, -0.25) is 14.2 Å². The van der Waals surface area contributed by atoms with Crippen LogP contribution in [0.3, 0.4) is 0 Å². The lowest BCUT2D eigenvalue weighted by Crippen LogP contribution is -2.33. The van der Waals surface area contributed by atoms with Crippen LogP contribution in [-0.2, 0) is 4.74 Å². The van der Waals surface area contributed by atoms with Crippen LogP contribution in [-0.4, -0.2) is 59.8 Å². The summed E-state index contributed by atoms with van der Waals surface area (Å²) in [5, 5.41) is 28.8. The van der Waals surface area contributed by atoms with E-state index >= 15 is 0 Å². The van der Waals surface area contributed by atoms with Crippen LogP contribution in [0.5, 0.6) is 0 Å². The number of H-pyrrole nitrogens is 1. The van der Waals surface area contributed by atoms with Crippen molar-refractivity contribution in [2.75, 3.05) is 6.61 Å². The molecule has 0 aliphatic carbocycles. The summed E-state index contributed by atoms with van der Waals surface area (Å²) in [6.07, 6.45) is -2.75. The molecule has 1 aliphatic rings. The standard InChI is InChI=1S/C11H12N4O6/c16-1-4-7(17)8(18)11(21-4)15-3-14-5-6(15)10(20)13-2-12-9(5)19/h2-4,7-8,11,16-18H,1H2,(H,12,13,19,20). The molecule has 0 aromatic carbocycles. The average Bonchev–Trinajstić information content (AvgIpc) is 2.98. The molecular formula is C11H12N4O6. The summed E-state index contributed by atoms with van der Waals surface area (Å²) in [7, 11) is 0. The second-order valence-electron chi connectivity index (χ2n) is 4.61. The van der Waals surface area contributed by atoms with Crippen molar-refractivity contribution in [3.63, 3.8) is 0 Å². The Morgan fingerprint density at radius 1 is 1.29 bits per heavy atom. The molecule has 0 spiro atoms. The highest BCUT2D eigenvalue weighted by atomic mass is 16.6. The topological polar surface area (TPSA) is 151 Å². The molecule has 0 saturated carbocycles. The molecule has 4 atom stereocenters. The van der Waals surface area contributed by atoms with E-state index in [0.29, 0.717) is 0 Å². The minimum absolute atomic E-state index is 0.132. The van der Waals surface area contributed by atoms with Gasteiger partial charge in [0.05, 0.1) is 19.3 Å². The number of hydrogen-bond acceptors (Lipinski definition) is 8. The van der Waals surface area contributed by atoms with E-state index in [1.807, 2.05) is 0 Å². The normalized spacial score (nSPS) is 29.1. The van der Waals surface area contributed by atoms with Gasteiger partial charge in [0.25, 0.3) is 11.1 Å². The van der Waals surface area contributed by atoms with E-state index < -0.39 is 42.3 Å². The van der Waals surface area contributed by atoms with Crippen LogP contribution in [0.25, 0.3) is 11.0 Å². The Morgan fingerprint density at radius 2 is 2.05 bits per heavy atom. The van der Waals surface area contributed by atoms with Gasteiger partial charge in [-0.2, -0.15) is 4.98 Å². The first-order valence-corrected chi connectivity index (χ1v) is 6.11. The van der Waals surface area contributed by atoms with Crippen molar-refractivity contribution in [3.8, 4) is 0 Å². The molecule has 10 nitrogen and oxygen atoms in total. The van der Waals surface area contributed by atoms with Crippen LogP contribution < -0.4 is 11.1 Å². The van der Waals surface area contributed by atoms with Crippen LogP contribution in [0.4, 0.5) is 0 Å². The van der Waals surface area contributed by atoms with Crippen molar-refractivity contribution in [1.82, 2.24) is 19.5 Å². The number of aliphatic hydroxyl groups is 3. The highest BCUT2D eigenvalue weighted by Crippen LogP contribution is 2.30. The summed E-state index contributed by atoms with van der Waals surface area (Å²) in [6.45, 7) is -0.500. The number of nitrogens with one attached hydrogen (secondary N) is 1. The maximum absolute atomic E-state index is 12.0. The summed E-state index contributed by atoms with van der Waals surface area (Å²) in [4.78, 5) is 33.2. The van der Waals surface area contributed by atoms with Gasteiger partial charge in [0.2, 0.25) is 0 Å². The van der Waals surface area contributed by atoms with Crippen molar-refractivity contribution < 1.29 is 20.1 Å². The number of aromatic nitrogens is 4. The number of fused-ring (bicyclic) bond motifs is 1.